The fraction of sp³-hybridized carbons (Fsp3) is 0.580. The van der Waals surface area contributed by atoms with Gasteiger partial charge in [-0.1, -0.05) is 143 Å². The maximum atomic E-state index is 16.1. The van der Waals surface area contributed by atoms with E-state index >= 15 is 13.2 Å². The van der Waals surface area contributed by atoms with Gasteiger partial charge in [0.05, 0.1) is 56.2 Å². The summed E-state index contributed by atoms with van der Waals surface area (Å²) in [4.78, 5) is 131. The van der Waals surface area contributed by atoms with E-state index in [1.807, 2.05) is 32.9 Å². The van der Waals surface area contributed by atoms with Gasteiger partial charge in [-0.25, -0.2) is 42.5 Å². The van der Waals surface area contributed by atoms with Crippen molar-refractivity contribution in [3.63, 3.8) is 0 Å². The molecule has 6 aliphatic heterocycles. The van der Waals surface area contributed by atoms with Crippen LogP contribution in [-0.4, -0.2) is 136 Å². The van der Waals surface area contributed by atoms with Crippen LogP contribution in [-0.2, 0) is 83.1 Å². The lowest BCUT2D eigenvalue weighted by molar-refractivity contribution is -0.163. The number of carbonyl (C=O) groups excluding carboxylic acids is 7. The molecule has 4 unspecified atom stereocenters. The van der Waals surface area contributed by atoms with Crippen LogP contribution in [0.3, 0.4) is 0 Å². The number of nitrogens with two attached hydrogens (primary N) is 1. The number of hydrogen-bond donors (Lipinski definition) is 6. The molecule has 6 saturated carbocycles. The van der Waals surface area contributed by atoms with Crippen molar-refractivity contribution in [2.45, 2.75) is 268 Å². The van der Waals surface area contributed by atoms with Crippen molar-refractivity contribution < 1.29 is 90.2 Å². The van der Waals surface area contributed by atoms with Crippen molar-refractivity contribution in [2.75, 3.05) is 50.0 Å². The summed E-state index contributed by atoms with van der Waals surface area (Å²) < 4.78 is 73.8. The Morgan fingerprint density at radius 3 is 0.992 bits per heavy atom. The third-order valence-electron chi connectivity index (χ3n) is 32.7. The Bertz CT molecular complexity index is 5570. The molecular weight excluding hydrogens is 1860 g/mol. The highest BCUT2D eigenvalue weighted by molar-refractivity contribution is 6.33. The van der Waals surface area contributed by atoms with E-state index in [1.54, 1.807) is 54.6 Å². The van der Waals surface area contributed by atoms with Gasteiger partial charge in [0, 0.05) is 98.7 Å². The Hall–Kier alpha value is -7.60. The van der Waals surface area contributed by atoms with Crippen molar-refractivity contribution in [3.05, 3.63) is 173 Å². The van der Waals surface area contributed by atoms with Crippen LogP contribution in [0.15, 0.2) is 91.4 Å². The molecular formula is C100H117Cl7F3N7O16. The minimum atomic E-state index is -1.25. The smallest absolute Gasteiger partial charge is 0.334 e. The van der Waals surface area contributed by atoms with Crippen molar-refractivity contribution in [1.29, 1.82) is 0 Å². The largest absolute Gasteiger partial charge is 0.481 e. The van der Waals surface area contributed by atoms with Crippen LogP contribution < -0.4 is 21.7 Å². The fourth-order valence-corrected chi connectivity index (χ4v) is 26.6. The average Bonchev–Trinajstić information content (AvgIpc) is 1.52. The van der Waals surface area contributed by atoms with Gasteiger partial charge < -0.3 is 55.6 Å². The van der Waals surface area contributed by atoms with E-state index in [4.69, 9.17) is 94.3 Å². The second kappa shape index (κ2) is 37.6. The number of carboxylic acids is 2. The van der Waals surface area contributed by atoms with Crippen LogP contribution in [0.4, 0.5) is 30.2 Å². The molecule has 6 aromatic rings. The molecule has 15 atom stereocenters. The van der Waals surface area contributed by atoms with E-state index < -0.39 is 132 Å². The number of pyridine rings is 3. The predicted octanol–water partition coefficient (Wildman–Crippen LogP) is 21.4. The standard InChI is InChI=1S/C34H39Cl2FN2O5.C33H37Cl2FN2O5.C25H25Cl2FN2O3.C8H15NO3.ClH/c1-31(2)10-12-33(13-11-31)16-21(24(40)17-32(3)9-7-25(44-18-32)29(41)43-4)26(20-8-14-38-28(36)27(20)37)34(33)22-6-5-19(35)15-23(22)39-30(34)42;1-30(2)9-11-32(12-10-30)15-20(23(39)16-31(3)8-6-24(28(40)41)43-17-31)25(19-7-13-37-27(35)26(19)36)33(32)21-5-4-18(34)14-22(21)38-29(33)42;1-23(2)6-8-24(9-7-23)12-15(21(31)32)18(14-5-10-29-20(27)19(14)28)25(24)16-4-3-13(26)11-17(16)30-22(25)33;1-8(9)4-3-6(12-5-8)7(10)11-2;/h5-6,8,14-15,21,25-26H,7,9-13,16-18H2,1-4H3,(H,39,42);4-5,7,13-14,20,24-25H,6,8-12,15-17H2,1-3H3,(H,38,42)(H,40,41);3-5,10-11,15,18H,6-9,12H2,1-2H3,(H,30,33)(H,31,32);6H,3-5,9H2,1-2H3;1H/t21-,25-,26-,32?,34+;20-,24-,25-,31?,33+;15-,18+,25?;6-,8?;/m0010./s1. The first kappa shape index (κ1) is 101. The minimum Gasteiger partial charge on any atom is -0.481 e. The number of halogens is 10. The van der Waals surface area contributed by atoms with Gasteiger partial charge in [-0.15, -0.1) is 12.4 Å². The quantitative estimate of drug-likeness (QED) is 0.0462. The van der Waals surface area contributed by atoms with Gasteiger partial charge in [0.25, 0.3) is 0 Å². The molecule has 33 heteroatoms. The molecule has 9 heterocycles. The lowest BCUT2D eigenvalue weighted by atomic mass is 9.51. The van der Waals surface area contributed by atoms with E-state index in [0.29, 0.717) is 115 Å². The molecule has 0 bridgehead atoms. The summed E-state index contributed by atoms with van der Waals surface area (Å²) in [5, 5.41) is 29.4. The molecule has 7 N–H and O–H groups in total. The molecule has 6 aliphatic carbocycles. The van der Waals surface area contributed by atoms with E-state index in [1.165, 1.54) is 38.9 Å². The molecule has 133 heavy (non-hydrogen) atoms. The number of anilines is 3. The van der Waals surface area contributed by atoms with Gasteiger partial charge in [0.15, 0.2) is 51.2 Å². The third-order valence-corrected chi connectivity index (χ3v) is 34.2. The van der Waals surface area contributed by atoms with Crippen LogP contribution in [0.2, 0.25) is 30.5 Å². The Balaban J connectivity index is 0.000000151. The maximum absolute atomic E-state index is 16.1. The van der Waals surface area contributed by atoms with Gasteiger partial charge in [-0.3, -0.25) is 28.8 Å². The van der Waals surface area contributed by atoms with Gasteiger partial charge in [-0.05, 0) is 273 Å². The Morgan fingerprint density at radius 1 is 0.421 bits per heavy atom. The molecule has 3 saturated heterocycles. The topological polar surface area (TPSA) is 341 Å². The Labute approximate surface area is 809 Å². The summed E-state index contributed by atoms with van der Waals surface area (Å²) >= 11 is 37.5. The van der Waals surface area contributed by atoms with E-state index in [0.717, 1.165) is 68.9 Å². The highest BCUT2D eigenvalue weighted by atomic mass is 35.5. The molecule has 23 nitrogen and oxygen atoms in total. The highest BCUT2D eigenvalue weighted by Gasteiger charge is 2.77. The monoisotopic (exact) mass is 1970 g/mol. The molecule has 3 amide bonds. The molecule has 12 aliphatic rings. The van der Waals surface area contributed by atoms with Gasteiger partial charge in [0.2, 0.25) is 17.7 Å². The number of methoxy groups -OCH3 is 2. The first-order chi connectivity index (χ1) is 62.0. The number of Topliss-reactive ketones (excluding diaryl/α,β-unsaturated/α-hetero) is 2. The van der Waals surface area contributed by atoms with Gasteiger partial charge in [0.1, 0.15) is 11.6 Å². The molecule has 9 fully saturated rings. The van der Waals surface area contributed by atoms with Crippen LogP contribution in [0.25, 0.3) is 0 Å². The zero-order valence-corrected chi connectivity index (χ0v) is 81.9. The number of hydrogen-bond acceptors (Lipinski definition) is 18. The van der Waals surface area contributed by atoms with Crippen molar-refractivity contribution in [1.82, 2.24) is 15.0 Å². The molecule has 3 aromatic heterocycles. The fourth-order valence-electron chi connectivity index (χ4n) is 25.6. The zero-order chi connectivity index (χ0) is 95.6. The summed E-state index contributed by atoms with van der Waals surface area (Å²) in [6, 6.07) is 20.5. The summed E-state index contributed by atoms with van der Waals surface area (Å²) in [6.07, 6.45) is 16.5. The lowest BCUT2D eigenvalue weighted by Crippen LogP contribution is -2.52. The number of nitrogens with one attached hydrogen (secondary N) is 3. The Morgan fingerprint density at radius 2 is 0.714 bits per heavy atom. The van der Waals surface area contributed by atoms with E-state index in [9.17, 15) is 53.4 Å². The average molecular weight is 1980 g/mol. The van der Waals surface area contributed by atoms with Gasteiger partial charge >= 0.3 is 23.9 Å². The number of carboxylic acid groups (broad SMARTS) is 2. The maximum Gasteiger partial charge on any atom is 0.334 e. The van der Waals surface area contributed by atoms with Crippen molar-refractivity contribution in [3.8, 4) is 0 Å². The van der Waals surface area contributed by atoms with E-state index in [-0.39, 0.29) is 134 Å². The first-order valence-corrected chi connectivity index (χ1v) is 47.9. The number of rotatable bonds is 13. The SMILES string of the molecule is CC1(C)CCC2(CC1)C[C@@H](C(=O)CC1(C)CC[C@@H](C(=O)O)OC1)[C@H](c1ccnc(Cl)c1F)[C@]21C(=O)Nc2cc(Cl)ccc21.CC1(C)CCC2(CC1)C[C@@H](C(=O)O)[C@H](c1ccnc(Cl)c1F)C21C(=O)Nc2cc(Cl)ccc21.COC(=O)[C@@H]1CCC(C)(CC(=O)[C@@H]2CC3(CCC(C)(C)CC3)[C@@]3(C(=O)Nc4cc(Cl)ccc43)[C@H]2c2ccnc(Cl)c2F)CO1.COC(=O)[C@@H]1CCC(C)(N)CO1.Cl. The number of ether oxygens (including phenoxy) is 5. The molecule has 6 spiro atoms. The predicted molar refractivity (Wildman–Crippen MR) is 501 cm³/mol. The summed E-state index contributed by atoms with van der Waals surface area (Å²) in [7, 11) is 2.69. The van der Waals surface area contributed by atoms with Crippen LogP contribution in [0.1, 0.15) is 261 Å². The molecule has 718 valence electrons. The number of aliphatic carboxylic acids is 2. The number of benzene rings is 3. The summed E-state index contributed by atoms with van der Waals surface area (Å²) in [6.45, 7) is 19.9. The van der Waals surface area contributed by atoms with Crippen LogP contribution >= 0.6 is 82.0 Å². The molecule has 0 radical (unpaired) electrons. The number of amides is 3. The number of carbonyl (C=O) groups is 9. The van der Waals surface area contributed by atoms with Gasteiger partial charge in [-0.2, -0.15) is 0 Å². The van der Waals surface area contributed by atoms with Crippen LogP contribution in [0, 0.1) is 78.5 Å². The van der Waals surface area contributed by atoms with Crippen molar-refractivity contribution in [2.24, 2.45) is 66.8 Å². The van der Waals surface area contributed by atoms with Crippen LogP contribution in [0.5, 0.6) is 0 Å². The Kier molecular flexibility index (Phi) is 28.7. The summed E-state index contributed by atoms with van der Waals surface area (Å²) in [5.74, 6) is -10.7. The van der Waals surface area contributed by atoms with Crippen molar-refractivity contribution >= 4 is 152 Å². The minimum absolute atomic E-state index is 0. The second-order valence-electron chi connectivity index (χ2n) is 42.9. The number of fused-ring (bicyclic) bond motifs is 9. The summed E-state index contributed by atoms with van der Waals surface area (Å²) in [5.41, 5.74) is 3.63. The number of ketones is 2. The first-order valence-electron chi connectivity index (χ1n) is 45.6. The number of aromatic nitrogens is 3. The normalized spacial score (nSPS) is 31.6. The zero-order valence-electron chi connectivity index (χ0n) is 76.6. The lowest BCUT2D eigenvalue weighted by Gasteiger charge is -2.51. The van der Waals surface area contributed by atoms with E-state index in [2.05, 4.69) is 77.2 Å². The molecule has 3 aromatic carbocycles. The third kappa shape index (κ3) is 18.0. The highest BCUT2D eigenvalue weighted by Crippen LogP contribution is 2.77. The second-order valence-corrected chi connectivity index (χ2v) is 45.3. The molecule has 18 rings (SSSR count). The number of esters is 2. The number of nitrogens with zero attached hydrogens (tertiary/aromatic N) is 3.